The lowest BCUT2D eigenvalue weighted by molar-refractivity contribution is -0.120. The first kappa shape index (κ1) is 20.3. The fourth-order valence-electron chi connectivity index (χ4n) is 3.81. The Morgan fingerprint density at radius 1 is 1.37 bits per heavy atom. The molecule has 0 bridgehead atoms. The van der Waals surface area contributed by atoms with Gasteiger partial charge in [-0.05, 0) is 57.2 Å². The van der Waals surface area contributed by atoms with E-state index in [1.807, 2.05) is 31.7 Å². The molecule has 1 aliphatic heterocycles. The monoisotopic (exact) mass is 408 g/mol. The summed E-state index contributed by atoms with van der Waals surface area (Å²) in [7, 11) is 0. The Kier molecular flexibility index (Phi) is 5.70. The summed E-state index contributed by atoms with van der Waals surface area (Å²) in [5.74, 6) is 1.22. The van der Waals surface area contributed by atoms with Crippen LogP contribution in [0.1, 0.15) is 65.5 Å². The maximum atomic E-state index is 13.1. The minimum atomic E-state index is -0.147. The van der Waals surface area contributed by atoms with Crippen molar-refractivity contribution in [2.75, 3.05) is 13.2 Å². The van der Waals surface area contributed by atoms with E-state index >= 15 is 0 Å². The summed E-state index contributed by atoms with van der Waals surface area (Å²) in [6.45, 7) is 7.61. The highest BCUT2D eigenvalue weighted by Crippen LogP contribution is 2.34. The number of pyridine rings is 2. The molecule has 0 radical (unpaired) electrons. The van der Waals surface area contributed by atoms with Crippen molar-refractivity contribution >= 4 is 11.8 Å². The Balaban J connectivity index is 1.50. The lowest BCUT2D eigenvalue weighted by Crippen LogP contribution is -2.27. The van der Waals surface area contributed by atoms with Gasteiger partial charge in [0, 0.05) is 42.2 Å². The molecule has 1 atom stereocenters. The van der Waals surface area contributed by atoms with E-state index in [0.29, 0.717) is 36.1 Å². The van der Waals surface area contributed by atoms with E-state index in [2.05, 4.69) is 15.3 Å². The first-order valence-electron chi connectivity index (χ1n) is 10.6. The second kappa shape index (κ2) is 8.42. The Hall–Kier alpha value is -2.96. The van der Waals surface area contributed by atoms with Crippen LogP contribution in [-0.2, 0) is 17.8 Å². The second-order valence-electron chi connectivity index (χ2n) is 8.17. The summed E-state index contributed by atoms with van der Waals surface area (Å²) in [4.78, 5) is 35.8. The Bertz CT molecular complexity index is 971. The number of carbonyl (C=O) groups is 2. The molecule has 2 amide bonds. The van der Waals surface area contributed by atoms with E-state index < -0.39 is 0 Å². The van der Waals surface area contributed by atoms with Crippen molar-refractivity contribution < 1.29 is 14.3 Å². The molecule has 1 aliphatic carbocycles. The maximum Gasteiger partial charge on any atom is 0.255 e. The number of fused-ring (bicyclic) bond motifs is 1. The van der Waals surface area contributed by atoms with Crippen LogP contribution in [0.4, 0.5) is 0 Å². The average Bonchev–Trinajstić information content (AvgIpc) is 3.49. The van der Waals surface area contributed by atoms with E-state index in [1.165, 1.54) is 12.8 Å². The number of amides is 2. The molecule has 7 nitrogen and oxygen atoms in total. The molecule has 1 saturated carbocycles. The van der Waals surface area contributed by atoms with Gasteiger partial charge in [0.1, 0.15) is 0 Å². The third-order valence-corrected chi connectivity index (χ3v) is 5.82. The smallest absolute Gasteiger partial charge is 0.255 e. The summed E-state index contributed by atoms with van der Waals surface area (Å²) in [5, 5.41) is 2.79. The molecule has 1 fully saturated rings. The minimum Gasteiger partial charge on any atom is -0.477 e. The molecule has 7 heteroatoms. The largest absolute Gasteiger partial charge is 0.477 e. The predicted octanol–water partition coefficient (Wildman–Crippen LogP) is 2.97. The number of likely N-dealkylation sites (N-methyl/N-ethyl adjacent to an activating group) is 1. The van der Waals surface area contributed by atoms with Crippen molar-refractivity contribution in [2.45, 2.75) is 52.6 Å². The van der Waals surface area contributed by atoms with Gasteiger partial charge in [-0.1, -0.05) is 0 Å². The van der Waals surface area contributed by atoms with Gasteiger partial charge in [-0.25, -0.2) is 4.98 Å². The van der Waals surface area contributed by atoms with Crippen LogP contribution in [0.25, 0.3) is 0 Å². The summed E-state index contributed by atoms with van der Waals surface area (Å²) >= 11 is 0. The van der Waals surface area contributed by atoms with E-state index in [0.717, 1.165) is 23.3 Å². The van der Waals surface area contributed by atoms with Crippen LogP contribution in [0, 0.1) is 12.8 Å². The number of hydrogen-bond donors (Lipinski definition) is 1. The van der Waals surface area contributed by atoms with Gasteiger partial charge in [0.25, 0.3) is 5.91 Å². The Morgan fingerprint density at radius 3 is 2.87 bits per heavy atom. The second-order valence-corrected chi connectivity index (χ2v) is 8.17. The van der Waals surface area contributed by atoms with Crippen LogP contribution >= 0.6 is 0 Å². The molecule has 158 valence electrons. The van der Waals surface area contributed by atoms with E-state index in [9.17, 15) is 9.59 Å². The molecule has 2 aromatic heterocycles. The molecular weight excluding hydrogens is 380 g/mol. The van der Waals surface area contributed by atoms with Gasteiger partial charge in [0.2, 0.25) is 11.8 Å². The van der Waals surface area contributed by atoms with Crippen molar-refractivity contribution in [2.24, 2.45) is 5.92 Å². The van der Waals surface area contributed by atoms with Gasteiger partial charge >= 0.3 is 0 Å². The highest BCUT2D eigenvalue weighted by molar-refractivity contribution is 5.99. The summed E-state index contributed by atoms with van der Waals surface area (Å²) in [5.41, 5.74) is 4.08. The lowest BCUT2D eigenvalue weighted by Gasteiger charge is -2.25. The highest BCUT2D eigenvalue weighted by Gasteiger charge is 2.34. The van der Waals surface area contributed by atoms with Gasteiger partial charge in [-0.2, -0.15) is 0 Å². The van der Waals surface area contributed by atoms with Gasteiger partial charge in [-0.3, -0.25) is 14.6 Å². The van der Waals surface area contributed by atoms with Crippen molar-refractivity contribution in [1.29, 1.82) is 0 Å². The topological polar surface area (TPSA) is 84.4 Å². The summed E-state index contributed by atoms with van der Waals surface area (Å²) < 4.78 is 5.83. The standard InChI is InChI=1S/C23H28N4O3/c1-4-24-21(28)10-20-19-12-27(23(29)18(19)7-8-25-20)15(3)17-9-14(2)22(26-11-17)30-13-16-5-6-16/h7-9,11,15-16H,4-6,10,12-13H2,1-3H3,(H,24,28). The number of ether oxygens (including phenoxy) is 1. The summed E-state index contributed by atoms with van der Waals surface area (Å²) in [6, 6.07) is 3.64. The van der Waals surface area contributed by atoms with Crippen LogP contribution in [0.2, 0.25) is 0 Å². The van der Waals surface area contributed by atoms with Crippen LogP contribution < -0.4 is 10.1 Å². The number of aryl methyl sites for hydroxylation is 1. The molecule has 0 saturated heterocycles. The molecule has 1 unspecified atom stereocenters. The normalized spacial score (nSPS) is 16.4. The first-order valence-corrected chi connectivity index (χ1v) is 10.6. The van der Waals surface area contributed by atoms with Gasteiger partial charge in [-0.15, -0.1) is 0 Å². The Morgan fingerprint density at radius 2 is 2.17 bits per heavy atom. The van der Waals surface area contributed by atoms with E-state index in [1.54, 1.807) is 18.5 Å². The Labute approximate surface area is 176 Å². The van der Waals surface area contributed by atoms with Crippen LogP contribution in [0.3, 0.4) is 0 Å². The molecule has 1 N–H and O–H groups in total. The third-order valence-electron chi connectivity index (χ3n) is 5.82. The fourth-order valence-corrected chi connectivity index (χ4v) is 3.81. The number of nitrogens with zero attached hydrogens (tertiary/aromatic N) is 3. The zero-order valence-corrected chi connectivity index (χ0v) is 17.8. The molecule has 0 spiro atoms. The fraction of sp³-hybridized carbons (Fsp3) is 0.478. The number of aromatic nitrogens is 2. The molecule has 3 heterocycles. The van der Waals surface area contributed by atoms with Crippen molar-refractivity contribution in [3.05, 3.63) is 52.5 Å². The van der Waals surface area contributed by atoms with Crippen LogP contribution in [-0.4, -0.2) is 39.8 Å². The average molecular weight is 409 g/mol. The SMILES string of the molecule is CCNC(=O)Cc1nccc2c1CN(C(C)c1cnc(OCC3CC3)c(C)c1)C2=O. The maximum absolute atomic E-state index is 13.1. The zero-order valence-electron chi connectivity index (χ0n) is 17.8. The van der Waals surface area contributed by atoms with Crippen molar-refractivity contribution in [1.82, 2.24) is 20.2 Å². The van der Waals surface area contributed by atoms with Crippen molar-refractivity contribution in [3.63, 3.8) is 0 Å². The highest BCUT2D eigenvalue weighted by atomic mass is 16.5. The van der Waals surface area contributed by atoms with Crippen LogP contribution in [0.15, 0.2) is 24.5 Å². The number of nitrogens with one attached hydrogen (secondary N) is 1. The molecule has 2 aliphatic rings. The van der Waals surface area contributed by atoms with Crippen LogP contribution in [0.5, 0.6) is 5.88 Å². The quantitative estimate of drug-likeness (QED) is 0.726. The lowest BCUT2D eigenvalue weighted by atomic mass is 10.1. The molecular formula is C23H28N4O3. The van der Waals surface area contributed by atoms with E-state index in [4.69, 9.17) is 4.74 Å². The number of carbonyl (C=O) groups excluding carboxylic acids is 2. The number of hydrogen-bond acceptors (Lipinski definition) is 5. The number of rotatable bonds is 8. The molecule has 4 rings (SSSR count). The van der Waals surface area contributed by atoms with Gasteiger partial charge in [0.05, 0.1) is 24.8 Å². The molecule has 30 heavy (non-hydrogen) atoms. The van der Waals surface area contributed by atoms with Gasteiger partial charge < -0.3 is 15.0 Å². The molecule has 2 aromatic rings. The molecule has 0 aromatic carbocycles. The first-order chi connectivity index (χ1) is 14.5. The third kappa shape index (κ3) is 4.15. The zero-order chi connectivity index (χ0) is 21.3. The van der Waals surface area contributed by atoms with Gasteiger partial charge in [0.15, 0.2) is 0 Å². The summed E-state index contributed by atoms with van der Waals surface area (Å²) in [6.07, 6.45) is 6.06. The minimum absolute atomic E-state index is 0.0382. The van der Waals surface area contributed by atoms with E-state index in [-0.39, 0.29) is 24.3 Å². The van der Waals surface area contributed by atoms with Crippen molar-refractivity contribution in [3.8, 4) is 5.88 Å². The predicted molar refractivity (Wildman–Crippen MR) is 112 cm³/mol.